The van der Waals surface area contributed by atoms with E-state index in [-0.39, 0.29) is 5.75 Å². The van der Waals surface area contributed by atoms with Crippen LogP contribution in [0.25, 0.3) is 22.3 Å². The molecule has 0 fully saturated rings. The zero-order valence-corrected chi connectivity index (χ0v) is 9.81. The second kappa shape index (κ2) is 4.68. The fraction of sp³-hybridized carbons (Fsp3) is 0.0714. The van der Waals surface area contributed by atoms with Crippen LogP contribution in [0.1, 0.15) is 0 Å². The van der Waals surface area contributed by atoms with Crippen molar-refractivity contribution in [2.24, 2.45) is 0 Å². The largest absolute Gasteiger partial charge is 0.434 e. The van der Waals surface area contributed by atoms with Crippen LogP contribution < -0.4 is 4.74 Å². The van der Waals surface area contributed by atoms with Gasteiger partial charge in [0.2, 0.25) is 0 Å². The molecule has 3 nitrogen and oxygen atoms in total. The summed E-state index contributed by atoms with van der Waals surface area (Å²) in [6.45, 7) is -2.84. The monoisotopic (exact) mass is 260 g/mol. The van der Waals surface area contributed by atoms with Crippen molar-refractivity contribution in [3.8, 4) is 17.0 Å². The highest BCUT2D eigenvalue weighted by Crippen LogP contribution is 2.31. The zero-order valence-electron chi connectivity index (χ0n) is 9.81. The summed E-state index contributed by atoms with van der Waals surface area (Å²) >= 11 is 0. The molecule has 0 saturated heterocycles. The maximum atomic E-state index is 12.4. The average Bonchev–Trinajstić information content (AvgIpc) is 2.82. The molecule has 0 amide bonds. The van der Waals surface area contributed by atoms with Crippen LogP contribution in [-0.4, -0.2) is 16.6 Å². The van der Waals surface area contributed by atoms with Crippen molar-refractivity contribution in [3.05, 3.63) is 48.7 Å². The van der Waals surface area contributed by atoms with E-state index >= 15 is 0 Å². The van der Waals surface area contributed by atoms with Gasteiger partial charge in [-0.05, 0) is 30.3 Å². The van der Waals surface area contributed by atoms with Gasteiger partial charge in [-0.3, -0.25) is 0 Å². The highest BCUT2D eigenvalue weighted by atomic mass is 19.3. The summed E-state index contributed by atoms with van der Waals surface area (Å²) in [6, 6.07) is 12.2. The molecule has 1 N–H and O–H groups in total. The van der Waals surface area contributed by atoms with Crippen molar-refractivity contribution in [2.45, 2.75) is 6.61 Å². The topological polar surface area (TPSA) is 37.9 Å². The normalized spacial score (nSPS) is 11.1. The molecule has 0 radical (unpaired) electrons. The van der Waals surface area contributed by atoms with Crippen molar-refractivity contribution in [3.63, 3.8) is 0 Å². The van der Waals surface area contributed by atoms with Gasteiger partial charge in [-0.25, -0.2) is 4.98 Å². The number of nitrogens with one attached hydrogen (secondary N) is 1. The van der Waals surface area contributed by atoms with Gasteiger partial charge < -0.3 is 9.72 Å². The van der Waals surface area contributed by atoms with Crippen molar-refractivity contribution in [2.75, 3.05) is 0 Å². The van der Waals surface area contributed by atoms with Crippen LogP contribution in [0.15, 0.2) is 48.7 Å². The third-order valence-electron chi connectivity index (χ3n) is 2.79. The Morgan fingerprint density at radius 1 is 1.11 bits per heavy atom. The smallest absolute Gasteiger partial charge is 0.387 e. The summed E-state index contributed by atoms with van der Waals surface area (Å²) in [5, 5.41) is 0.921. The Kier molecular flexibility index (Phi) is 2.87. The van der Waals surface area contributed by atoms with Gasteiger partial charge in [-0.15, -0.1) is 0 Å². The number of aromatic nitrogens is 2. The number of aromatic amines is 1. The Morgan fingerprint density at radius 3 is 2.74 bits per heavy atom. The predicted octanol–water partition coefficient (Wildman–Crippen LogP) is 3.83. The van der Waals surface area contributed by atoms with Crippen LogP contribution in [-0.2, 0) is 0 Å². The molecule has 0 unspecified atom stereocenters. The van der Waals surface area contributed by atoms with Gasteiger partial charge in [0.1, 0.15) is 11.4 Å². The number of rotatable bonds is 3. The summed E-state index contributed by atoms with van der Waals surface area (Å²) < 4.78 is 29.3. The van der Waals surface area contributed by atoms with Crippen molar-refractivity contribution in [1.82, 2.24) is 9.97 Å². The molecule has 19 heavy (non-hydrogen) atoms. The van der Waals surface area contributed by atoms with E-state index in [2.05, 4.69) is 14.7 Å². The SMILES string of the molecule is FC(F)Oc1ccccc1-c1cc2cccnc2[nH]1. The van der Waals surface area contributed by atoms with Gasteiger partial charge in [-0.1, -0.05) is 12.1 Å². The molecule has 0 saturated carbocycles. The van der Waals surface area contributed by atoms with E-state index in [0.717, 1.165) is 5.39 Å². The van der Waals surface area contributed by atoms with Gasteiger partial charge in [0.05, 0.1) is 5.69 Å². The number of pyridine rings is 1. The first-order chi connectivity index (χ1) is 9.24. The highest BCUT2D eigenvalue weighted by Gasteiger charge is 2.12. The van der Waals surface area contributed by atoms with Crippen molar-refractivity contribution in [1.29, 1.82) is 0 Å². The van der Waals surface area contributed by atoms with E-state index in [9.17, 15) is 8.78 Å². The van der Waals surface area contributed by atoms with Gasteiger partial charge in [-0.2, -0.15) is 8.78 Å². The van der Waals surface area contributed by atoms with Gasteiger partial charge >= 0.3 is 6.61 Å². The van der Waals surface area contributed by atoms with Crippen LogP contribution in [0.5, 0.6) is 5.75 Å². The number of fused-ring (bicyclic) bond motifs is 1. The molecule has 0 spiro atoms. The van der Waals surface area contributed by atoms with Crippen molar-refractivity contribution >= 4 is 11.0 Å². The Hall–Kier alpha value is -2.43. The van der Waals surface area contributed by atoms with Crippen LogP contribution in [0, 0.1) is 0 Å². The Balaban J connectivity index is 2.10. The van der Waals surface area contributed by atoms with E-state index in [1.807, 2.05) is 18.2 Å². The molecule has 5 heteroatoms. The predicted molar refractivity (Wildman–Crippen MR) is 68.2 cm³/mol. The van der Waals surface area contributed by atoms with Crippen LogP contribution in [0.3, 0.4) is 0 Å². The Morgan fingerprint density at radius 2 is 1.95 bits per heavy atom. The molecule has 1 aromatic carbocycles. The lowest BCUT2D eigenvalue weighted by molar-refractivity contribution is -0.0494. The number of hydrogen-bond acceptors (Lipinski definition) is 2. The summed E-state index contributed by atoms with van der Waals surface area (Å²) in [5.41, 5.74) is 2.00. The third kappa shape index (κ3) is 2.27. The van der Waals surface area contributed by atoms with Crippen LogP contribution >= 0.6 is 0 Å². The minimum atomic E-state index is -2.84. The molecule has 3 aromatic rings. The van der Waals surface area contributed by atoms with E-state index in [4.69, 9.17) is 0 Å². The maximum absolute atomic E-state index is 12.4. The Labute approximate surface area is 107 Å². The second-order valence-corrected chi connectivity index (χ2v) is 4.00. The minimum absolute atomic E-state index is 0.143. The summed E-state index contributed by atoms with van der Waals surface area (Å²) in [4.78, 5) is 7.26. The fourth-order valence-electron chi connectivity index (χ4n) is 1.99. The zero-order chi connectivity index (χ0) is 13.2. The van der Waals surface area contributed by atoms with Gasteiger partial charge in [0.25, 0.3) is 0 Å². The first kappa shape index (κ1) is 11.6. The van der Waals surface area contributed by atoms with E-state index in [1.165, 1.54) is 6.07 Å². The van der Waals surface area contributed by atoms with Crippen LogP contribution in [0.4, 0.5) is 8.78 Å². The molecule has 2 heterocycles. The first-order valence-corrected chi connectivity index (χ1v) is 5.72. The second-order valence-electron chi connectivity index (χ2n) is 4.00. The maximum Gasteiger partial charge on any atom is 0.387 e. The quantitative estimate of drug-likeness (QED) is 0.777. The van der Waals surface area contributed by atoms with Crippen LogP contribution in [0.2, 0.25) is 0 Å². The summed E-state index contributed by atoms with van der Waals surface area (Å²) in [6.07, 6.45) is 1.67. The van der Waals surface area contributed by atoms with Crippen molar-refractivity contribution < 1.29 is 13.5 Å². The number of hydrogen-bond donors (Lipinski definition) is 1. The number of nitrogens with zero attached hydrogens (tertiary/aromatic N) is 1. The highest BCUT2D eigenvalue weighted by molar-refractivity contribution is 5.84. The lowest BCUT2D eigenvalue weighted by Gasteiger charge is -2.08. The van der Waals surface area contributed by atoms with E-state index in [1.54, 1.807) is 24.4 Å². The molecule has 0 atom stereocenters. The summed E-state index contributed by atoms with van der Waals surface area (Å²) in [7, 11) is 0. The van der Waals surface area contributed by atoms with E-state index < -0.39 is 6.61 Å². The molecular formula is C14H10F2N2O. The lowest BCUT2D eigenvalue weighted by atomic mass is 10.1. The molecule has 3 rings (SSSR count). The molecule has 2 aromatic heterocycles. The lowest BCUT2D eigenvalue weighted by Crippen LogP contribution is -2.02. The number of para-hydroxylation sites is 1. The number of benzene rings is 1. The Bertz CT molecular complexity index is 676. The number of ether oxygens (including phenoxy) is 1. The number of halogens is 2. The molecule has 0 aliphatic heterocycles. The first-order valence-electron chi connectivity index (χ1n) is 5.72. The molecule has 96 valence electrons. The van der Waals surface area contributed by atoms with Gasteiger partial charge in [0, 0.05) is 17.1 Å². The molecular weight excluding hydrogens is 250 g/mol. The molecule has 0 aliphatic rings. The third-order valence-corrected chi connectivity index (χ3v) is 2.79. The van der Waals surface area contributed by atoms with E-state index in [0.29, 0.717) is 16.9 Å². The minimum Gasteiger partial charge on any atom is -0.434 e. The fourth-order valence-corrected chi connectivity index (χ4v) is 1.99. The van der Waals surface area contributed by atoms with Gasteiger partial charge in [0.15, 0.2) is 0 Å². The average molecular weight is 260 g/mol. The molecule has 0 bridgehead atoms. The number of H-pyrrole nitrogens is 1. The number of alkyl halides is 2. The standard InChI is InChI=1S/C14H10F2N2O/c15-14(16)19-12-6-2-1-5-10(12)11-8-9-4-3-7-17-13(9)18-11/h1-8,14H,(H,17,18). The summed E-state index contributed by atoms with van der Waals surface area (Å²) in [5.74, 6) is 0.143. The molecule has 0 aliphatic carbocycles.